The zero-order valence-corrected chi connectivity index (χ0v) is 17.5. The molecule has 3 rings (SSSR count). The summed E-state index contributed by atoms with van der Waals surface area (Å²) in [5, 5.41) is 0.342. The number of ether oxygens (including phenoxy) is 1. The van der Waals surface area contributed by atoms with Crippen LogP contribution in [0.25, 0.3) is 5.69 Å². The molecular formula is C21H18BrClN2O2. The second-order valence-corrected chi connectivity index (χ2v) is 7.38. The summed E-state index contributed by atoms with van der Waals surface area (Å²) >= 11 is 9.52. The number of carbonyl (C=O) groups excluding carboxylic acids is 1. The summed E-state index contributed by atoms with van der Waals surface area (Å²) in [7, 11) is 1.32. The number of aryl methyl sites for hydroxylation is 1. The normalized spacial score (nSPS) is 11.1. The summed E-state index contributed by atoms with van der Waals surface area (Å²) in [6.45, 7) is 4.11. The molecule has 6 heteroatoms. The van der Waals surface area contributed by atoms with E-state index in [0.717, 1.165) is 27.1 Å². The van der Waals surface area contributed by atoms with Crippen LogP contribution in [0.15, 0.2) is 58.0 Å². The Kier molecular flexibility index (Phi) is 5.82. The van der Waals surface area contributed by atoms with Gasteiger partial charge in [-0.3, -0.25) is 4.99 Å². The zero-order valence-electron chi connectivity index (χ0n) is 15.2. The number of benzene rings is 2. The third-order valence-electron chi connectivity index (χ3n) is 4.26. The Morgan fingerprint density at radius 2 is 1.85 bits per heavy atom. The van der Waals surface area contributed by atoms with Gasteiger partial charge in [0, 0.05) is 33.3 Å². The minimum atomic E-state index is -0.481. The van der Waals surface area contributed by atoms with Crippen LogP contribution in [0, 0.1) is 13.8 Å². The smallest absolute Gasteiger partial charge is 0.339 e. The molecule has 1 aromatic heterocycles. The van der Waals surface area contributed by atoms with Crippen molar-refractivity contribution in [2.24, 2.45) is 4.99 Å². The van der Waals surface area contributed by atoms with E-state index in [1.807, 2.05) is 12.1 Å². The van der Waals surface area contributed by atoms with Crippen LogP contribution in [0.5, 0.6) is 0 Å². The molecule has 0 atom stereocenters. The van der Waals surface area contributed by atoms with Crippen molar-refractivity contribution < 1.29 is 9.53 Å². The van der Waals surface area contributed by atoms with Crippen LogP contribution < -0.4 is 0 Å². The van der Waals surface area contributed by atoms with Gasteiger partial charge < -0.3 is 9.30 Å². The van der Waals surface area contributed by atoms with E-state index in [9.17, 15) is 4.79 Å². The van der Waals surface area contributed by atoms with Crippen LogP contribution >= 0.6 is 27.5 Å². The number of esters is 1. The molecule has 0 bridgehead atoms. The molecule has 0 aliphatic rings. The number of aromatic nitrogens is 1. The van der Waals surface area contributed by atoms with Gasteiger partial charge in [-0.1, -0.05) is 27.5 Å². The Labute approximate surface area is 171 Å². The maximum Gasteiger partial charge on any atom is 0.339 e. The molecule has 138 valence electrons. The van der Waals surface area contributed by atoms with Gasteiger partial charge in [-0.15, -0.1) is 0 Å². The fourth-order valence-electron chi connectivity index (χ4n) is 2.91. The highest BCUT2D eigenvalue weighted by atomic mass is 79.9. The van der Waals surface area contributed by atoms with E-state index in [0.29, 0.717) is 16.3 Å². The van der Waals surface area contributed by atoms with Crippen molar-refractivity contribution in [2.45, 2.75) is 13.8 Å². The summed E-state index contributed by atoms with van der Waals surface area (Å²) in [5.74, 6) is -0.481. The lowest BCUT2D eigenvalue weighted by Gasteiger charge is -2.09. The van der Waals surface area contributed by atoms with Gasteiger partial charge in [-0.05, 0) is 62.4 Å². The molecule has 0 saturated carbocycles. The van der Waals surface area contributed by atoms with Gasteiger partial charge in [-0.25, -0.2) is 4.79 Å². The van der Waals surface area contributed by atoms with E-state index in [4.69, 9.17) is 16.3 Å². The first-order valence-electron chi connectivity index (χ1n) is 8.27. The third kappa shape index (κ3) is 4.15. The van der Waals surface area contributed by atoms with Gasteiger partial charge in [0.15, 0.2) is 0 Å². The minimum absolute atomic E-state index is 0.300. The summed E-state index contributed by atoms with van der Waals surface area (Å²) in [6.07, 6.45) is 1.79. The molecule has 3 aromatic rings. The highest BCUT2D eigenvalue weighted by Gasteiger charge is 2.12. The molecule has 0 N–H and O–H groups in total. The van der Waals surface area contributed by atoms with Gasteiger partial charge in [0.2, 0.25) is 0 Å². The Bertz CT molecular complexity index is 1020. The highest BCUT2D eigenvalue weighted by Crippen LogP contribution is 2.25. The number of hydrogen-bond acceptors (Lipinski definition) is 3. The molecule has 0 aliphatic heterocycles. The van der Waals surface area contributed by atoms with Gasteiger partial charge in [0.25, 0.3) is 0 Å². The molecule has 0 aliphatic carbocycles. The average Bonchev–Trinajstić information content (AvgIpc) is 2.95. The lowest BCUT2D eigenvalue weighted by molar-refractivity contribution is 0.0601. The number of rotatable bonds is 4. The van der Waals surface area contributed by atoms with Crippen LogP contribution in [-0.2, 0) is 4.74 Å². The van der Waals surface area contributed by atoms with E-state index < -0.39 is 5.97 Å². The quantitative estimate of drug-likeness (QED) is 0.362. The molecule has 27 heavy (non-hydrogen) atoms. The van der Waals surface area contributed by atoms with Crippen LogP contribution in [0.2, 0.25) is 5.02 Å². The molecule has 2 aromatic carbocycles. The number of halogens is 2. The van der Waals surface area contributed by atoms with Gasteiger partial charge in [-0.2, -0.15) is 0 Å². The Morgan fingerprint density at radius 3 is 2.52 bits per heavy atom. The van der Waals surface area contributed by atoms with Gasteiger partial charge >= 0.3 is 5.97 Å². The molecule has 0 fully saturated rings. The largest absolute Gasteiger partial charge is 0.465 e. The Balaban J connectivity index is 1.94. The summed E-state index contributed by atoms with van der Waals surface area (Å²) < 4.78 is 7.97. The van der Waals surface area contributed by atoms with Crippen molar-refractivity contribution in [1.29, 1.82) is 0 Å². The number of methoxy groups -OCH3 is 1. The maximum absolute atomic E-state index is 11.8. The van der Waals surface area contributed by atoms with Crippen LogP contribution in [0.3, 0.4) is 0 Å². The molecule has 0 radical (unpaired) electrons. The average molecular weight is 446 g/mol. The lowest BCUT2D eigenvalue weighted by atomic mass is 10.2. The predicted molar refractivity (Wildman–Crippen MR) is 113 cm³/mol. The van der Waals surface area contributed by atoms with E-state index >= 15 is 0 Å². The lowest BCUT2D eigenvalue weighted by Crippen LogP contribution is -2.01. The van der Waals surface area contributed by atoms with E-state index in [-0.39, 0.29) is 0 Å². The molecule has 0 unspecified atom stereocenters. The fourth-order valence-corrected chi connectivity index (χ4v) is 3.37. The molecule has 0 saturated heterocycles. The van der Waals surface area contributed by atoms with Crippen LogP contribution in [-0.4, -0.2) is 23.9 Å². The predicted octanol–water partition coefficient (Wildman–Crippen LogP) is 6.05. The SMILES string of the molecule is COC(=O)c1cc(N=Cc2cc(C)n(-c3ccc(Br)cc3)c2C)ccc1Cl. The number of hydrogen-bond donors (Lipinski definition) is 0. The highest BCUT2D eigenvalue weighted by molar-refractivity contribution is 9.10. The molecule has 0 spiro atoms. The van der Waals surface area contributed by atoms with Crippen LogP contribution in [0.4, 0.5) is 5.69 Å². The van der Waals surface area contributed by atoms with E-state index in [1.54, 1.807) is 24.4 Å². The first-order valence-corrected chi connectivity index (χ1v) is 9.44. The monoisotopic (exact) mass is 444 g/mol. The number of nitrogens with zero attached hydrogens (tertiary/aromatic N) is 2. The topological polar surface area (TPSA) is 43.6 Å². The molecule has 0 amide bonds. The number of aliphatic imine (C=N–C) groups is 1. The first kappa shape index (κ1) is 19.4. The zero-order chi connectivity index (χ0) is 19.6. The van der Waals surface area contributed by atoms with Gasteiger partial charge in [0.1, 0.15) is 0 Å². The van der Waals surface area contributed by atoms with E-state index in [1.165, 1.54) is 7.11 Å². The van der Waals surface area contributed by atoms with Crippen molar-refractivity contribution in [3.63, 3.8) is 0 Å². The van der Waals surface area contributed by atoms with Crippen molar-refractivity contribution in [1.82, 2.24) is 4.57 Å². The van der Waals surface area contributed by atoms with Crippen molar-refractivity contribution in [3.05, 3.63) is 80.5 Å². The molecule has 1 heterocycles. The van der Waals surface area contributed by atoms with Crippen LogP contribution in [0.1, 0.15) is 27.3 Å². The van der Waals surface area contributed by atoms with Crippen molar-refractivity contribution in [2.75, 3.05) is 7.11 Å². The summed E-state index contributed by atoms with van der Waals surface area (Å²) in [5.41, 5.74) is 5.23. The van der Waals surface area contributed by atoms with Crippen molar-refractivity contribution in [3.8, 4) is 5.69 Å². The Morgan fingerprint density at radius 1 is 1.15 bits per heavy atom. The van der Waals surface area contributed by atoms with Gasteiger partial charge in [0.05, 0.1) is 23.4 Å². The maximum atomic E-state index is 11.8. The standard InChI is InChI=1S/C21H18BrClN2O2/c1-13-10-15(14(2)25(13)18-7-4-16(22)5-8-18)12-24-17-6-9-20(23)19(11-17)21(26)27-3/h4-12H,1-3H3. The summed E-state index contributed by atoms with van der Waals surface area (Å²) in [6, 6.07) is 15.3. The summed E-state index contributed by atoms with van der Waals surface area (Å²) in [4.78, 5) is 16.3. The van der Waals surface area contributed by atoms with Crippen molar-refractivity contribution >= 4 is 45.4 Å². The fraction of sp³-hybridized carbons (Fsp3) is 0.143. The molecule has 4 nitrogen and oxygen atoms in total. The van der Waals surface area contributed by atoms with E-state index in [2.05, 4.69) is 57.5 Å². The second-order valence-electron chi connectivity index (χ2n) is 6.05. The Hall–Kier alpha value is -2.37. The second kappa shape index (κ2) is 8.11. The third-order valence-corrected chi connectivity index (χ3v) is 5.12. The molecular weight excluding hydrogens is 428 g/mol. The minimum Gasteiger partial charge on any atom is -0.465 e. The first-order chi connectivity index (χ1) is 12.9. The number of carbonyl (C=O) groups is 1.